The normalized spacial score (nSPS) is 25.7. The fourth-order valence-corrected chi connectivity index (χ4v) is 2.19. The van der Waals surface area contributed by atoms with Crippen LogP contribution in [-0.2, 0) is 4.79 Å². The molecular weight excluding hydrogens is 188 g/mol. The molecule has 0 aromatic carbocycles. The molecule has 3 nitrogen and oxygen atoms in total. The van der Waals surface area contributed by atoms with E-state index >= 15 is 0 Å². The third-order valence-electron chi connectivity index (χ3n) is 3.65. The Hall–Kier alpha value is -0.570. The van der Waals surface area contributed by atoms with Gasteiger partial charge in [-0.15, -0.1) is 0 Å². The van der Waals surface area contributed by atoms with E-state index in [0.29, 0.717) is 17.9 Å². The Morgan fingerprint density at radius 3 is 2.67 bits per heavy atom. The molecule has 0 spiro atoms. The molecule has 1 heterocycles. The molecule has 0 aromatic heterocycles. The Kier molecular flexibility index (Phi) is 4.58. The summed E-state index contributed by atoms with van der Waals surface area (Å²) < 4.78 is 0. The molecule has 1 aliphatic heterocycles. The van der Waals surface area contributed by atoms with Gasteiger partial charge in [-0.2, -0.15) is 0 Å². The van der Waals surface area contributed by atoms with Crippen LogP contribution in [0.5, 0.6) is 0 Å². The monoisotopic (exact) mass is 212 g/mol. The Labute approximate surface area is 93.2 Å². The minimum atomic E-state index is 0.0708. The molecule has 0 bridgehead atoms. The molecule has 1 N–H and O–H groups in total. The molecular formula is C12H24N2O. The number of carbonyl (C=O) groups excluding carboxylic acids is 1. The maximum atomic E-state index is 12.0. The zero-order chi connectivity index (χ0) is 11.4. The maximum Gasteiger partial charge on any atom is 0.240 e. The summed E-state index contributed by atoms with van der Waals surface area (Å²) >= 11 is 0. The molecule has 1 amide bonds. The van der Waals surface area contributed by atoms with Crippen LogP contribution in [0.1, 0.15) is 40.5 Å². The number of rotatable bonds is 5. The van der Waals surface area contributed by atoms with Crippen molar-refractivity contribution in [2.45, 2.75) is 52.6 Å². The van der Waals surface area contributed by atoms with Gasteiger partial charge in [-0.1, -0.05) is 27.2 Å². The highest BCUT2D eigenvalue weighted by Crippen LogP contribution is 2.20. The third kappa shape index (κ3) is 2.71. The molecule has 15 heavy (non-hydrogen) atoms. The SMILES string of the molecule is CCNC1CCN(C(C)C(C)CC)C1=O. The van der Waals surface area contributed by atoms with E-state index in [4.69, 9.17) is 0 Å². The van der Waals surface area contributed by atoms with E-state index in [2.05, 4.69) is 26.1 Å². The third-order valence-corrected chi connectivity index (χ3v) is 3.65. The molecule has 3 atom stereocenters. The molecule has 1 rings (SSSR count). The largest absolute Gasteiger partial charge is 0.338 e. The van der Waals surface area contributed by atoms with Gasteiger partial charge in [0.2, 0.25) is 5.91 Å². The van der Waals surface area contributed by atoms with Gasteiger partial charge < -0.3 is 10.2 Å². The number of nitrogens with one attached hydrogen (secondary N) is 1. The Morgan fingerprint density at radius 1 is 1.47 bits per heavy atom. The fourth-order valence-electron chi connectivity index (χ4n) is 2.19. The van der Waals surface area contributed by atoms with Crippen LogP contribution < -0.4 is 5.32 Å². The van der Waals surface area contributed by atoms with Crippen molar-refractivity contribution < 1.29 is 4.79 Å². The van der Waals surface area contributed by atoms with Crippen LogP contribution in [0.2, 0.25) is 0 Å². The highest BCUT2D eigenvalue weighted by Gasteiger charge is 2.34. The molecule has 1 fully saturated rings. The van der Waals surface area contributed by atoms with Gasteiger partial charge in [0, 0.05) is 12.6 Å². The minimum Gasteiger partial charge on any atom is -0.338 e. The number of likely N-dealkylation sites (tertiary alicyclic amines) is 1. The van der Waals surface area contributed by atoms with Crippen molar-refractivity contribution >= 4 is 5.91 Å². The van der Waals surface area contributed by atoms with Gasteiger partial charge >= 0.3 is 0 Å². The smallest absolute Gasteiger partial charge is 0.240 e. The number of amides is 1. The quantitative estimate of drug-likeness (QED) is 0.751. The topological polar surface area (TPSA) is 32.3 Å². The van der Waals surface area contributed by atoms with E-state index in [-0.39, 0.29) is 6.04 Å². The number of likely N-dealkylation sites (N-methyl/N-ethyl adjacent to an activating group) is 1. The Balaban J connectivity index is 2.55. The lowest BCUT2D eigenvalue weighted by Gasteiger charge is -2.29. The molecule has 3 unspecified atom stereocenters. The van der Waals surface area contributed by atoms with Crippen LogP contribution in [0.25, 0.3) is 0 Å². The predicted molar refractivity (Wildman–Crippen MR) is 62.7 cm³/mol. The first-order valence-corrected chi connectivity index (χ1v) is 6.15. The lowest BCUT2D eigenvalue weighted by molar-refractivity contribution is -0.131. The van der Waals surface area contributed by atoms with Crippen LogP contribution in [0, 0.1) is 5.92 Å². The minimum absolute atomic E-state index is 0.0708. The highest BCUT2D eigenvalue weighted by atomic mass is 16.2. The first kappa shape index (κ1) is 12.5. The number of nitrogens with zero attached hydrogens (tertiary/aromatic N) is 1. The van der Waals surface area contributed by atoms with Crippen LogP contribution >= 0.6 is 0 Å². The van der Waals surface area contributed by atoms with Crippen molar-refractivity contribution in [2.24, 2.45) is 5.92 Å². The zero-order valence-corrected chi connectivity index (χ0v) is 10.4. The van der Waals surface area contributed by atoms with Crippen LogP contribution in [0.4, 0.5) is 0 Å². The standard InChI is InChI=1S/C12H24N2O/c1-5-9(3)10(4)14-8-7-11(12(14)15)13-6-2/h9-11,13H,5-8H2,1-4H3. The Morgan fingerprint density at radius 2 is 2.13 bits per heavy atom. The van der Waals surface area contributed by atoms with E-state index in [9.17, 15) is 4.79 Å². The second kappa shape index (κ2) is 5.50. The first-order valence-electron chi connectivity index (χ1n) is 6.15. The maximum absolute atomic E-state index is 12.0. The van der Waals surface area contributed by atoms with Crippen LogP contribution in [0.15, 0.2) is 0 Å². The van der Waals surface area contributed by atoms with Crippen LogP contribution in [-0.4, -0.2) is 36.0 Å². The lowest BCUT2D eigenvalue weighted by Crippen LogP contribution is -2.43. The molecule has 1 saturated heterocycles. The van der Waals surface area contributed by atoms with Gasteiger partial charge in [-0.25, -0.2) is 0 Å². The number of hydrogen-bond donors (Lipinski definition) is 1. The predicted octanol–water partition coefficient (Wildman–Crippen LogP) is 1.63. The average Bonchev–Trinajstić information content (AvgIpc) is 2.59. The summed E-state index contributed by atoms with van der Waals surface area (Å²) in [6.45, 7) is 10.4. The van der Waals surface area contributed by atoms with Gasteiger partial charge in [-0.05, 0) is 25.8 Å². The molecule has 3 heteroatoms. The summed E-state index contributed by atoms with van der Waals surface area (Å²) in [6.07, 6.45) is 2.10. The molecule has 0 aliphatic carbocycles. The second-order valence-corrected chi connectivity index (χ2v) is 4.56. The van der Waals surface area contributed by atoms with Crippen LogP contribution in [0.3, 0.4) is 0 Å². The number of hydrogen-bond acceptors (Lipinski definition) is 2. The van der Waals surface area contributed by atoms with Crippen molar-refractivity contribution in [1.29, 1.82) is 0 Å². The van der Waals surface area contributed by atoms with E-state index in [1.807, 2.05) is 11.8 Å². The second-order valence-electron chi connectivity index (χ2n) is 4.56. The van der Waals surface area contributed by atoms with Crippen molar-refractivity contribution in [3.8, 4) is 0 Å². The lowest BCUT2D eigenvalue weighted by atomic mass is 10.00. The Bertz CT molecular complexity index is 218. The molecule has 0 saturated carbocycles. The van der Waals surface area contributed by atoms with Crippen molar-refractivity contribution in [3.63, 3.8) is 0 Å². The average molecular weight is 212 g/mol. The van der Waals surface area contributed by atoms with Gasteiger partial charge in [0.25, 0.3) is 0 Å². The molecule has 0 aromatic rings. The van der Waals surface area contributed by atoms with Crippen molar-refractivity contribution in [3.05, 3.63) is 0 Å². The highest BCUT2D eigenvalue weighted by molar-refractivity contribution is 5.84. The van der Waals surface area contributed by atoms with E-state index in [1.165, 1.54) is 0 Å². The molecule has 1 aliphatic rings. The fraction of sp³-hybridized carbons (Fsp3) is 0.917. The van der Waals surface area contributed by atoms with Crippen molar-refractivity contribution in [2.75, 3.05) is 13.1 Å². The van der Waals surface area contributed by atoms with Crippen molar-refractivity contribution in [1.82, 2.24) is 10.2 Å². The van der Waals surface area contributed by atoms with E-state index in [1.54, 1.807) is 0 Å². The summed E-state index contributed by atoms with van der Waals surface area (Å²) in [6, 6.07) is 0.452. The van der Waals surface area contributed by atoms with E-state index in [0.717, 1.165) is 25.9 Å². The van der Waals surface area contributed by atoms with E-state index < -0.39 is 0 Å². The summed E-state index contributed by atoms with van der Waals surface area (Å²) in [5, 5.41) is 3.24. The van der Waals surface area contributed by atoms with Gasteiger partial charge in [0.05, 0.1) is 6.04 Å². The summed E-state index contributed by atoms with van der Waals surface area (Å²) in [4.78, 5) is 14.1. The summed E-state index contributed by atoms with van der Waals surface area (Å²) in [7, 11) is 0. The molecule has 0 radical (unpaired) electrons. The first-order chi connectivity index (χ1) is 7.11. The van der Waals surface area contributed by atoms with Gasteiger partial charge in [-0.3, -0.25) is 4.79 Å². The number of carbonyl (C=O) groups is 1. The van der Waals surface area contributed by atoms with Gasteiger partial charge in [0.15, 0.2) is 0 Å². The summed E-state index contributed by atoms with van der Waals surface area (Å²) in [5.41, 5.74) is 0. The zero-order valence-electron chi connectivity index (χ0n) is 10.4. The summed E-state index contributed by atoms with van der Waals surface area (Å²) in [5.74, 6) is 0.888. The molecule has 88 valence electrons. The van der Waals surface area contributed by atoms with Gasteiger partial charge in [0.1, 0.15) is 0 Å².